The first-order valence-corrected chi connectivity index (χ1v) is 10.5. The fourth-order valence-electron chi connectivity index (χ4n) is 2.84. The summed E-state index contributed by atoms with van der Waals surface area (Å²) in [4.78, 5) is 43.2. The minimum Gasteiger partial charge on any atom is -0.497 e. The Hall–Kier alpha value is -3.13. The first kappa shape index (κ1) is 21.6. The number of nitrogens with one attached hydrogen (secondary N) is 1. The lowest BCUT2D eigenvalue weighted by molar-refractivity contribution is -0.133. The monoisotopic (exact) mass is 425 g/mol. The van der Waals surface area contributed by atoms with Gasteiger partial charge in [0, 0.05) is 12.8 Å². The number of amidine groups is 1. The number of ether oxygens (including phenoxy) is 1. The third-order valence-corrected chi connectivity index (χ3v) is 5.68. The van der Waals surface area contributed by atoms with Crippen LogP contribution in [0.1, 0.15) is 25.3 Å². The molecule has 0 bridgehead atoms. The standard InChI is InChI=1S/C22H23N3O4S/c1-3-19(26)24-21(28)18-13-20(27)25(14-15-7-5-4-6-8-15)22(30-18)23-16-9-11-17(29-2)12-10-16/h4-12,18H,3,13-14H2,1-2H3,(H,24,26,28). The van der Waals surface area contributed by atoms with Crippen molar-refractivity contribution in [3.05, 3.63) is 60.2 Å². The Morgan fingerprint density at radius 3 is 2.50 bits per heavy atom. The van der Waals surface area contributed by atoms with Crippen LogP contribution in [0.4, 0.5) is 5.69 Å². The fourth-order valence-corrected chi connectivity index (χ4v) is 3.93. The van der Waals surface area contributed by atoms with E-state index >= 15 is 0 Å². The van der Waals surface area contributed by atoms with E-state index in [1.165, 1.54) is 11.8 Å². The SMILES string of the molecule is CCC(=O)NC(=O)C1CC(=O)N(Cc2ccccc2)C(=Nc2ccc(OC)cc2)S1. The highest BCUT2D eigenvalue weighted by molar-refractivity contribution is 8.15. The van der Waals surface area contributed by atoms with E-state index in [1.54, 1.807) is 43.2 Å². The van der Waals surface area contributed by atoms with Crippen molar-refractivity contribution in [2.75, 3.05) is 7.11 Å². The Balaban J connectivity index is 1.88. The number of imide groups is 1. The van der Waals surface area contributed by atoms with Gasteiger partial charge in [-0.2, -0.15) is 0 Å². The molecule has 1 atom stereocenters. The maximum atomic E-state index is 12.9. The van der Waals surface area contributed by atoms with Gasteiger partial charge in [-0.15, -0.1) is 0 Å². The van der Waals surface area contributed by atoms with Gasteiger partial charge in [-0.25, -0.2) is 4.99 Å². The van der Waals surface area contributed by atoms with Gasteiger partial charge in [0.25, 0.3) is 0 Å². The number of nitrogens with zero attached hydrogens (tertiary/aromatic N) is 2. The molecule has 0 radical (unpaired) electrons. The molecule has 1 heterocycles. The van der Waals surface area contributed by atoms with Gasteiger partial charge < -0.3 is 4.74 Å². The molecule has 1 unspecified atom stereocenters. The minimum atomic E-state index is -0.711. The highest BCUT2D eigenvalue weighted by Crippen LogP contribution is 2.30. The van der Waals surface area contributed by atoms with Crippen LogP contribution in [0.15, 0.2) is 59.6 Å². The van der Waals surface area contributed by atoms with Crippen LogP contribution in [-0.2, 0) is 20.9 Å². The van der Waals surface area contributed by atoms with E-state index in [0.717, 1.165) is 5.56 Å². The molecular formula is C22H23N3O4S. The zero-order valence-electron chi connectivity index (χ0n) is 16.8. The van der Waals surface area contributed by atoms with Crippen LogP contribution in [0.2, 0.25) is 0 Å². The van der Waals surface area contributed by atoms with Crippen molar-refractivity contribution < 1.29 is 19.1 Å². The third-order valence-electron chi connectivity index (χ3n) is 4.50. The Bertz CT molecular complexity index is 945. The zero-order chi connectivity index (χ0) is 21.5. The van der Waals surface area contributed by atoms with Gasteiger partial charge in [0.1, 0.15) is 11.0 Å². The minimum absolute atomic E-state index is 0.00194. The van der Waals surface area contributed by atoms with Gasteiger partial charge in [0.2, 0.25) is 17.7 Å². The number of carbonyl (C=O) groups excluding carboxylic acids is 3. The van der Waals surface area contributed by atoms with Gasteiger partial charge in [-0.1, -0.05) is 49.0 Å². The summed E-state index contributed by atoms with van der Waals surface area (Å²) in [7, 11) is 1.58. The predicted molar refractivity (Wildman–Crippen MR) is 117 cm³/mol. The van der Waals surface area contributed by atoms with Gasteiger partial charge in [-0.05, 0) is 29.8 Å². The second kappa shape index (κ2) is 10.1. The molecule has 3 amide bonds. The summed E-state index contributed by atoms with van der Waals surface area (Å²) in [5.74, 6) is -0.354. The number of rotatable bonds is 6. The molecule has 156 valence electrons. The summed E-state index contributed by atoms with van der Waals surface area (Å²) in [5.41, 5.74) is 1.59. The van der Waals surface area contributed by atoms with Gasteiger partial charge >= 0.3 is 0 Å². The van der Waals surface area contributed by atoms with E-state index in [1.807, 2.05) is 30.3 Å². The van der Waals surface area contributed by atoms with E-state index in [0.29, 0.717) is 23.1 Å². The van der Waals surface area contributed by atoms with Gasteiger partial charge in [0.05, 0.1) is 19.3 Å². The van der Waals surface area contributed by atoms with E-state index in [-0.39, 0.29) is 24.7 Å². The topological polar surface area (TPSA) is 88.1 Å². The number of hydrogen-bond acceptors (Lipinski definition) is 6. The molecule has 30 heavy (non-hydrogen) atoms. The number of benzene rings is 2. The van der Waals surface area contributed by atoms with Crippen LogP contribution < -0.4 is 10.1 Å². The molecule has 0 aliphatic carbocycles. The molecule has 2 aromatic rings. The van der Waals surface area contributed by atoms with E-state index in [4.69, 9.17) is 4.74 Å². The first-order valence-electron chi connectivity index (χ1n) is 9.57. The number of thioether (sulfide) groups is 1. The number of carbonyl (C=O) groups is 3. The third kappa shape index (κ3) is 5.48. The van der Waals surface area contributed by atoms with Crippen molar-refractivity contribution in [2.45, 2.75) is 31.6 Å². The number of hydrogen-bond donors (Lipinski definition) is 1. The maximum absolute atomic E-state index is 12.9. The molecule has 3 rings (SSSR count). The Kier molecular flexibility index (Phi) is 7.24. The average molecular weight is 426 g/mol. The van der Waals surface area contributed by atoms with Crippen LogP contribution in [-0.4, -0.2) is 40.1 Å². The van der Waals surface area contributed by atoms with Gasteiger partial charge in [-0.3, -0.25) is 24.6 Å². The molecule has 1 aliphatic rings. The van der Waals surface area contributed by atoms with Crippen LogP contribution in [0.25, 0.3) is 0 Å². The molecule has 1 aliphatic heterocycles. The summed E-state index contributed by atoms with van der Waals surface area (Å²) in [6, 6.07) is 16.7. The summed E-state index contributed by atoms with van der Waals surface area (Å²) in [6.45, 7) is 2.02. The highest BCUT2D eigenvalue weighted by atomic mass is 32.2. The Morgan fingerprint density at radius 1 is 1.17 bits per heavy atom. The molecule has 8 heteroatoms. The van der Waals surface area contributed by atoms with Crippen molar-refractivity contribution in [2.24, 2.45) is 4.99 Å². The average Bonchev–Trinajstić information content (AvgIpc) is 2.77. The van der Waals surface area contributed by atoms with Gasteiger partial charge in [0.15, 0.2) is 5.17 Å². The molecule has 1 saturated heterocycles. The smallest absolute Gasteiger partial charge is 0.240 e. The normalized spacial score (nSPS) is 17.7. The predicted octanol–water partition coefficient (Wildman–Crippen LogP) is 3.27. The molecule has 7 nitrogen and oxygen atoms in total. The first-order chi connectivity index (χ1) is 14.5. The van der Waals surface area contributed by atoms with Crippen molar-refractivity contribution in [3.8, 4) is 5.75 Å². The van der Waals surface area contributed by atoms with E-state index in [2.05, 4.69) is 10.3 Å². The lowest BCUT2D eigenvalue weighted by Crippen LogP contribution is -2.47. The van der Waals surface area contributed by atoms with Crippen LogP contribution in [0.5, 0.6) is 5.75 Å². The quantitative estimate of drug-likeness (QED) is 0.767. The molecule has 1 N–H and O–H groups in total. The maximum Gasteiger partial charge on any atom is 0.240 e. The fraction of sp³-hybridized carbons (Fsp3) is 0.273. The lowest BCUT2D eigenvalue weighted by Gasteiger charge is -2.31. The molecule has 0 spiro atoms. The second-order valence-corrected chi connectivity index (χ2v) is 7.80. The molecule has 2 aromatic carbocycles. The highest BCUT2D eigenvalue weighted by Gasteiger charge is 2.36. The van der Waals surface area contributed by atoms with Crippen molar-refractivity contribution in [1.29, 1.82) is 0 Å². The van der Waals surface area contributed by atoms with E-state index in [9.17, 15) is 14.4 Å². The Morgan fingerprint density at radius 2 is 1.87 bits per heavy atom. The Labute approximate surface area is 179 Å². The number of amides is 3. The van der Waals surface area contributed by atoms with Crippen LogP contribution in [0.3, 0.4) is 0 Å². The summed E-state index contributed by atoms with van der Waals surface area (Å²) in [5, 5.41) is 2.05. The van der Waals surface area contributed by atoms with Crippen molar-refractivity contribution in [1.82, 2.24) is 10.2 Å². The summed E-state index contributed by atoms with van der Waals surface area (Å²) >= 11 is 1.19. The van der Waals surface area contributed by atoms with Crippen LogP contribution >= 0.6 is 11.8 Å². The van der Waals surface area contributed by atoms with Crippen molar-refractivity contribution in [3.63, 3.8) is 0 Å². The molecule has 1 fully saturated rings. The lowest BCUT2D eigenvalue weighted by atomic mass is 10.2. The number of methoxy groups -OCH3 is 1. The molecule has 0 aromatic heterocycles. The van der Waals surface area contributed by atoms with Crippen LogP contribution in [0, 0.1) is 0 Å². The largest absolute Gasteiger partial charge is 0.497 e. The van der Waals surface area contributed by atoms with Crippen molar-refractivity contribution >= 4 is 40.3 Å². The molecule has 0 saturated carbocycles. The second-order valence-electron chi connectivity index (χ2n) is 6.63. The molecular weight excluding hydrogens is 402 g/mol. The number of aliphatic imine (C=N–C) groups is 1. The summed E-state index contributed by atoms with van der Waals surface area (Å²) < 4.78 is 5.17. The zero-order valence-corrected chi connectivity index (χ0v) is 17.6. The van der Waals surface area contributed by atoms with E-state index < -0.39 is 11.2 Å². The summed E-state index contributed by atoms with van der Waals surface area (Å²) in [6.07, 6.45) is 0.200.